The topological polar surface area (TPSA) is 9.23 Å². The van der Waals surface area contributed by atoms with E-state index in [1.165, 1.54) is 64.2 Å². The molecule has 1 aliphatic carbocycles. The van der Waals surface area contributed by atoms with Crippen LogP contribution >= 0.6 is 0 Å². The Morgan fingerprint density at radius 3 is 2.16 bits per heavy atom. The van der Waals surface area contributed by atoms with E-state index >= 15 is 13.2 Å². The molecule has 0 unspecified atom stereocenters. The summed E-state index contributed by atoms with van der Waals surface area (Å²) in [5.41, 5.74) is 2.15. The minimum Gasteiger partial charge on any atom is -0.425 e. The van der Waals surface area contributed by atoms with Gasteiger partial charge in [0, 0.05) is 5.56 Å². The molecule has 204 valence electrons. The van der Waals surface area contributed by atoms with Gasteiger partial charge in [0.05, 0.1) is 5.56 Å². The second kappa shape index (κ2) is 13.2. The van der Waals surface area contributed by atoms with Crippen LogP contribution in [0.5, 0.6) is 5.75 Å². The third-order valence-electron chi connectivity index (χ3n) is 8.64. The Bertz CT molecular complexity index is 1010. The Labute approximate surface area is 222 Å². The molecule has 1 heterocycles. The van der Waals surface area contributed by atoms with Crippen LogP contribution in [0.2, 0.25) is 0 Å². The number of aryl methyl sites for hydroxylation is 1. The van der Waals surface area contributed by atoms with Crippen molar-refractivity contribution in [3.63, 3.8) is 0 Å². The maximum atomic E-state index is 15.3. The second-order valence-electron chi connectivity index (χ2n) is 11.4. The summed E-state index contributed by atoms with van der Waals surface area (Å²) in [7, 11) is 0. The monoisotopic (exact) mass is 514 g/mol. The molecule has 4 rings (SSSR count). The first-order valence-corrected chi connectivity index (χ1v) is 15.0. The summed E-state index contributed by atoms with van der Waals surface area (Å²) >= 11 is 0. The minimum absolute atomic E-state index is 0.123. The van der Waals surface area contributed by atoms with Crippen molar-refractivity contribution in [1.82, 2.24) is 0 Å². The van der Waals surface area contributed by atoms with E-state index < -0.39 is 11.9 Å². The van der Waals surface area contributed by atoms with E-state index in [1.54, 1.807) is 24.3 Å². The van der Waals surface area contributed by atoms with Crippen LogP contribution in [0.15, 0.2) is 30.3 Å². The maximum absolute atomic E-state index is 15.3. The van der Waals surface area contributed by atoms with Crippen LogP contribution in [0.25, 0.3) is 11.1 Å². The molecule has 0 spiro atoms. The molecule has 37 heavy (non-hydrogen) atoms. The number of benzene rings is 2. The average Bonchev–Trinajstić information content (AvgIpc) is 2.90. The van der Waals surface area contributed by atoms with Gasteiger partial charge in [-0.25, -0.2) is 4.39 Å². The lowest BCUT2D eigenvalue weighted by atomic mass is 9.76. The molecule has 2 aromatic rings. The molecule has 2 aliphatic rings. The molecule has 1 saturated carbocycles. The minimum atomic E-state index is -3.53. The van der Waals surface area contributed by atoms with E-state index in [0.29, 0.717) is 29.0 Å². The molecule has 2 aromatic carbocycles. The Balaban J connectivity index is 1.43. The van der Waals surface area contributed by atoms with Gasteiger partial charge in [-0.3, -0.25) is 0 Å². The average molecular weight is 515 g/mol. The molecule has 0 atom stereocenters. The molecule has 0 aromatic heterocycles. The van der Waals surface area contributed by atoms with Gasteiger partial charge in [0.15, 0.2) is 11.6 Å². The van der Waals surface area contributed by atoms with Crippen LogP contribution < -0.4 is 4.74 Å². The Morgan fingerprint density at radius 1 is 0.784 bits per heavy atom. The molecule has 0 amide bonds. The zero-order chi connectivity index (χ0) is 26.3. The lowest BCUT2D eigenvalue weighted by Crippen LogP contribution is -2.28. The van der Waals surface area contributed by atoms with E-state index in [0.717, 1.165) is 43.6 Å². The zero-order valence-electron chi connectivity index (χ0n) is 22.9. The van der Waals surface area contributed by atoms with E-state index in [2.05, 4.69) is 13.8 Å². The summed E-state index contributed by atoms with van der Waals surface area (Å²) in [5, 5.41) is 0. The first-order valence-electron chi connectivity index (χ1n) is 15.0. The van der Waals surface area contributed by atoms with Crippen molar-refractivity contribution in [1.29, 1.82) is 0 Å². The van der Waals surface area contributed by atoms with Gasteiger partial charge in [-0.1, -0.05) is 102 Å². The van der Waals surface area contributed by atoms with Crippen molar-refractivity contribution in [3.8, 4) is 16.9 Å². The highest BCUT2D eigenvalue weighted by Crippen LogP contribution is 2.50. The fourth-order valence-electron chi connectivity index (χ4n) is 6.32. The quantitative estimate of drug-likeness (QED) is 0.242. The molecule has 0 radical (unpaired) electrons. The summed E-state index contributed by atoms with van der Waals surface area (Å²) in [4.78, 5) is 0. The highest BCUT2D eigenvalue weighted by atomic mass is 19.3. The van der Waals surface area contributed by atoms with E-state index in [-0.39, 0.29) is 11.3 Å². The number of hydrogen-bond acceptors (Lipinski definition) is 1. The summed E-state index contributed by atoms with van der Waals surface area (Å²) < 4.78 is 50.9. The highest BCUT2D eigenvalue weighted by molar-refractivity contribution is 5.77. The summed E-state index contributed by atoms with van der Waals surface area (Å²) in [6.45, 7) is 4.43. The number of hydrogen-bond donors (Lipinski definition) is 0. The summed E-state index contributed by atoms with van der Waals surface area (Å²) in [6.07, 6.45) is 14.5. The standard InChI is InChI=1S/C33H45F3O/c1-3-5-7-8-9-10-12-14-26-19-22-29-28-21-20-27(23-30(28)33(35,36)37-32(29)31(26)34)25-17-15-24(16-18-25)13-11-6-4-2/h19-25H,3-18H2,1-2H3. The number of alkyl halides is 2. The molecule has 1 aliphatic heterocycles. The third kappa shape index (κ3) is 6.92. The van der Waals surface area contributed by atoms with Gasteiger partial charge in [-0.15, -0.1) is 0 Å². The van der Waals surface area contributed by atoms with E-state index in [4.69, 9.17) is 4.74 Å². The lowest BCUT2D eigenvalue weighted by Gasteiger charge is -2.32. The van der Waals surface area contributed by atoms with Crippen LogP contribution in [0.1, 0.15) is 133 Å². The number of halogens is 3. The maximum Gasteiger partial charge on any atom is 0.427 e. The molecule has 1 nitrogen and oxygen atoms in total. The Hall–Kier alpha value is -1.97. The second-order valence-corrected chi connectivity index (χ2v) is 11.4. The predicted octanol–water partition coefficient (Wildman–Crippen LogP) is 11.1. The fraction of sp³-hybridized carbons (Fsp3) is 0.636. The van der Waals surface area contributed by atoms with Gasteiger partial charge in [0.1, 0.15) is 0 Å². The van der Waals surface area contributed by atoms with Crippen LogP contribution in [0.3, 0.4) is 0 Å². The lowest BCUT2D eigenvalue weighted by molar-refractivity contribution is -0.188. The van der Waals surface area contributed by atoms with Crippen molar-refractivity contribution in [3.05, 3.63) is 52.8 Å². The van der Waals surface area contributed by atoms with Crippen LogP contribution in [-0.4, -0.2) is 0 Å². The largest absolute Gasteiger partial charge is 0.427 e. The van der Waals surface area contributed by atoms with Gasteiger partial charge in [0.25, 0.3) is 0 Å². The molecule has 0 N–H and O–H groups in total. The molecule has 0 bridgehead atoms. The van der Waals surface area contributed by atoms with Crippen molar-refractivity contribution >= 4 is 0 Å². The van der Waals surface area contributed by atoms with Gasteiger partial charge in [-0.2, -0.15) is 8.78 Å². The van der Waals surface area contributed by atoms with Crippen molar-refractivity contribution in [2.45, 2.75) is 129 Å². The first kappa shape index (κ1) is 28.0. The summed E-state index contributed by atoms with van der Waals surface area (Å²) in [5.74, 6) is 0.166. The van der Waals surface area contributed by atoms with Crippen molar-refractivity contribution in [2.24, 2.45) is 5.92 Å². The van der Waals surface area contributed by atoms with E-state index in [1.807, 2.05) is 6.07 Å². The molecule has 0 saturated heterocycles. The molecule has 1 fully saturated rings. The van der Waals surface area contributed by atoms with Gasteiger partial charge in [0.2, 0.25) is 0 Å². The SMILES string of the molecule is CCCCCCCCCc1ccc2c(c1F)OC(F)(F)c1cc(C3CCC(CCCCC)CC3)ccc1-2. The fourth-order valence-corrected chi connectivity index (χ4v) is 6.32. The van der Waals surface area contributed by atoms with Crippen molar-refractivity contribution in [2.75, 3.05) is 0 Å². The normalized spacial score (nSPS) is 20.2. The molecular formula is C33H45F3O. The molecular weight excluding hydrogens is 469 g/mol. The van der Waals surface area contributed by atoms with Crippen molar-refractivity contribution < 1.29 is 17.9 Å². The predicted molar refractivity (Wildman–Crippen MR) is 147 cm³/mol. The Kier molecular flexibility index (Phi) is 10.0. The zero-order valence-corrected chi connectivity index (χ0v) is 22.9. The number of unbranched alkanes of at least 4 members (excludes halogenated alkanes) is 8. The summed E-state index contributed by atoms with van der Waals surface area (Å²) in [6, 6.07) is 8.91. The Morgan fingerprint density at radius 2 is 1.43 bits per heavy atom. The van der Waals surface area contributed by atoms with Crippen LogP contribution in [-0.2, 0) is 12.5 Å². The smallest absolute Gasteiger partial charge is 0.425 e. The van der Waals surface area contributed by atoms with Gasteiger partial charge < -0.3 is 4.74 Å². The van der Waals surface area contributed by atoms with Crippen LogP contribution in [0.4, 0.5) is 13.2 Å². The van der Waals surface area contributed by atoms with Crippen LogP contribution in [0, 0.1) is 11.7 Å². The highest BCUT2D eigenvalue weighted by Gasteiger charge is 2.44. The third-order valence-corrected chi connectivity index (χ3v) is 8.64. The number of fused-ring (bicyclic) bond motifs is 3. The van der Waals surface area contributed by atoms with Gasteiger partial charge >= 0.3 is 6.11 Å². The van der Waals surface area contributed by atoms with E-state index in [9.17, 15) is 0 Å². The van der Waals surface area contributed by atoms with Gasteiger partial charge in [-0.05, 0) is 73.1 Å². The number of ether oxygens (including phenoxy) is 1. The molecule has 4 heteroatoms. The number of rotatable bonds is 13. The first-order chi connectivity index (χ1) is 17.9.